The van der Waals surface area contributed by atoms with Gasteiger partial charge in [-0.1, -0.05) is 72.6 Å². The number of benzene rings is 2. The highest BCUT2D eigenvalue weighted by atomic mass is 31.1. The second-order valence-corrected chi connectivity index (χ2v) is 10.2. The predicted octanol–water partition coefficient (Wildman–Crippen LogP) is 4.56. The molecule has 0 spiro atoms. The summed E-state index contributed by atoms with van der Waals surface area (Å²) >= 11 is 0. The SMILES string of the molecule is CC(=O)Nc1c[n+](Cc2ccc(-c3cnncc3C)cc2)no1.Cc1cccc(C(F)(P)P)c1. The summed E-state index contributed by atoms with van der Waals surface area (Å²) in [6, 6.07) is 15.5. The summed E-state index contributed by atoms with van der Waals surface area (Å²) in [6.45, 7) is 5.93. The number of nitrogens with one attached hydrogen (secondary N) is 1. The zero-order chi connectivity index (χ0) is 24.7. The van der Waals surface area contributed by atoms with E-state index in [0.717, 1.165) is 27.8 Å². The molecule has 0 fully saturated rings. The van der Waals surface area contributed by atoms with Gasteiger partial charge in [0.25, 0.3) is 6.20 Å². The lowest BCUT2D eigenvalue weighted by atomic mass is 10.0. The van der Waals surface area contributed by atoms with Gasteiger partial charge >= 0.3 is 5.88 Å². The van der Waals surface area contributed by atoms with E-state index in [4.69, 9.17) is 4.52 Å². The number of aryl methyl sites for hydroxylation is 2. The Morgan fingerprint density at radius 1 is 1.12 bits per heavy atom. The minimum atomic E-state index is -1.38. The van der Waals surface area contributed by atoms with E-state index in [0.29, 0.717) is 18.0 Å². The lowest BCUT2D eigenvalue weighted by Crippen LogP contribution is -2.35. The number of rotatable bonds is 5. The van der Waals surface area contributed by atoms with Crippen LogP contribution in [0.2, 0.25) is 0 Å². The molecule has 2 heterocycles. The second-order valence-electron chi connectivity index (χ2n) is 7.87. The molecule has 176 valence electrons. The van der Waals surface area contributed by atoms with Gasteiger partial charge in [0, 0.05) is 18.1 Å². The molecule has 10 heteroatoms. The maximum Gasteiger partial charge on any atom is 0.302 e. The summed E-state index contributed by atoms with van der Waals surface area (Å²) in [5, 5.41) is 12.8. The molecular weight excluding hydrogens is 471 g/mol. The fourth-order valence-electron chi connectivity index (χ4n) is 3.13. The number of nitrogens with zero attached hydrogens (tertiary/aromatic N) is 4. The van der Waals surface area contributed by atoms with Gasteiger partial charge in [-0.25, -0.2) is 4.39 Å². The monoisotopic (exact) mass is 498 g/mol. The van der Waals surface area contributed by atoms with E-state index in [1.807, 2.05) is 56.3 Å². The van der Waals surface area contributed by atoms with Crippen LogP contribution in [0.1, 0.15) is 29.2 Å². The Bertz CT molecular complexity index is 1260. The first-order valence-electron chi connectivity index (χ1n) is 10.5. The van der Waals surface area contributed by atoms with Crippen molar-refractivity contribution in [2.45, 2.75) is 32.5 Å². The third-order valence-corrected chi connectivity index (χ3v) is 5.48. The Morgan fingerprint density at radius 2 is 1.82 bits per heavy atom. The summed E-state index contributed by atoms with van der Waals surface area (Å²) in [4.78, 5) is 11.0. The molecule has 0 radical (unpaired) electrons. The second kappa shape index (κ2) is 11.4. The van der Waals surface area contributed by atoms with Crippen molar-refractivity contribution in [3.05, 3.63) is 89.4 Å². The molecule has 34 heavy (non-hydrogen) atoms. The third kappa shape index (κ3) is 7.47. The standard InChI is InChI=1S/C16H15N5O2.C8H11FP2/c1-11-7-17-18-8-15(11)14-5-3-13(4-6-14)9-21-10-16(23-20-21)19-12(2)22;1-6-3-2-4-7(5-6)8(9,10)11/h3-8,10H,9H2,1-2H3;2-5H,10-11H2,1H3/p+1. The highest BCUT2D eigenvalue weighted by Crippen LogP contribution is 2.39. The minimum Gasteiger partial charge on any atom is -0.289 e. The molecule has 0 bridgehead atoms. The first kappa shape index (κ1) is 25.5. The Labute approximate surface area is 202 Å². The van der Waals surface area contributed by atoms with Crippen molar-refractivity contribution in [3.63, 3.8) is 0 Å². The van der Waals surface area contributed by atoms with E-state index >= 15 is 0 Å². The van der Waals surface area contributed by atoms with E-state index in [2.05, 4.69) is 39.3 Å². The Kier molecular flexibility index (Phi) is 8.54. The summed E-state index contributed by atoms with van der Waals surface area (Å²) in [6.07, 6.45) is 5.15. The van der Waals surface area contributed by atoms with Gasteiger partial charge < -0.3 is 0 Å². The number of amides is 1. The fraction of sp³-hybridized carbons (Fsp3) is 0.208. The van der Waals surface area contributed by atoms with E-state index in [-0.39, 0.29) is 5.91 Å². The Hall–Kier alpha value is -3.08. The van der Waals surface area contributed by atoms with Crippen molar-refractivity contribution in [1.29, 1.82) is 0 Å². The number of carbonyl (C=O) groups is 1. The molecule has 4 aromatic rings. The van der Waals surface area contributed by atoms with Crippen LogP contribution >= 0.6 is 18.5 Å². The summed E-state index contributed by atoms with van der Waals surface area (Å²) in [5.41, 5.74) is 6.06. The van der Waals surface area contributed by atoms with Crippen LogP contribution in [-0.4, -0.2) is 21.4 Å². The van der Waals surface area contributed by atoms with E-state index in [1.165, 1.54) is 6.92 Å². The molecule has 2 unspecified atom stereocenters. The van der Waals surface area contributed by atoms with Gasteiger partial charge in [-0.05, 0) is 35.2 Å². The molecule has 7 nitrogen and oxygen atoms in total. The normalized spacial score (nSPS) is 10.9. The van der Waals surface area contributed by atoms with Gasteiger partial charge in [-0.2, -0.15) is 10.2 Å². The number of anilines is 1. The third-order valence-electron chi connectivity index (χ3n) is 4.81. The number of halogens is 1. The maximum absolute atomic E-state index is 13.2. The molecule has 2 aromatic heterocycles. The predicted molar refractivity (Wildman–Crippen MR) is 136 cm³/mol. The number of aromatic nitrogens is 4. The topological polar surface area (TPSA) is 84.8 Å². The molecule has 0 aliphatic carbocycles. The van der Waals surface area contributed by atoms with Crippen LogP contribution in [0.15, 0.2) is 71.6 Å². The quantitative estimate of drug-likeness (QED) is 0.322. The molecule has 2 atom stereocenters. The highest BCUT2D eigenvalue weighted by molar-refractivity contribution is 7.38. The van der Waals surface area contributed by atoms with Gasteiger partial charge in [-0.3, -0.25) is 14.6 Å². The first-order chi connectivity index (χ1) is 16.1. The number of hydrogen-bond donors (Lipinski definition) is 1. The molecule has 2 aromatic carbocycles. The zero-order valence-corrected chi connectivity index (χ0v) is 21.5. The molecular formula is C24H27FN5O2P2+. The Balaban J connectivity index is 0.000000248. The number of hydrogen-bond acceptors (Lipinski definition) is 5. The lowest BCUT2D eigenvalue weighted by molar-refractivity contribution is -0.754. The average molecular weight is 498 g/mol. The molecule has 0 aliphatic heterocycles. The number of carbonyl (C=O) groups excluding carboxylic acids is 1. The van der Waals surface area contributed by atoms with Crippen molar-refractivity contribution >= 4 is 30.3 Å². The van der Waals surface area contributed by atoms with Crippen LogP contribution in [0, 0.1) is 13.8 Å². The van der Waals surface area contributed by atoms with Crippen molar-refractivity contribution in [3.8, 4) is 11.1 Å². The average Bonchev–Trinajstić information content (AvgIpc) is 3.20. The lowest BCUT2D eigenvalue weighted by Gasteiger charge is -2.14. The molecule has 0 saturated carbocycles. The summed E-state index contributed by atoms with van der Waals surface area (Å²) in [5.74, 6) is 0.131. The Morgan fingerprint density at radius 3 is 2.41 bits per heavy atom. The van der Waals surface area contributed by atoms with Gasteiger partial charge in [0.2, 0.25) is 17.7 Å². The molecule has 1 N–H and O–H groups in total. The largest absolute Gasteiger partial charge is 0.302 e. The highest BCUT2D eigenvalue weighted by Gasteiger charge is 2.18. The molecule has 4 rings (SSSR count). The van der Waals surface area contributed by atoms with E-state index in [9.17, 15) is 9.18 Å². The molecule has 1 amide bonds. The van der Waals surface area contributed by atoms with Crippen molar-refractivity contribution < 1.29 is 18.4 Å². The van der Waals surface area contributed by atoms with Crippen molar-refractivity contribution in [2.75, 3.05) is 5.32 Å². The van der Waals surface area contributed by atoms with Gasteiger partial charge in [0.1, 0.15) is 0 Å². The first-order valence-corrected chi connectivity index (χ1v) is 11.6. The van der Waals surface area contributed by atoms with E-state index < -0.39 is 5.15 Å². The summed E-state index contributed by atoms with van der Waals surface area (Å²) in [7, 11) is 4.30. The maximum atomic E-state index is 13.2. The van der Waals surface area contributed by atoms with Crippen LogP contribution in [0.25, 0.3) is 11.1 Å². The van der Waals surface area contributed by atoms with Crippen LogP contribution in [0.5, 0.6) is 0 Å². The smallest absolute Gasteiger partial charge is 0.289 e. The van der Waals surface area contributed by atoms with Crippen molar-refractivity contribution in [1.82, 2.24) is 15.5 Å². The fourth-order valence-corrected chi connectivity index (χ4v) is 3.49. The zero-order valence-electron chi connectivity index (χ0n) is 19.2. The number of alkyl halides is 1. The van der Waals surface area contributed by atoms with Gasteiger partial charge in [0.15, 0.2) is 5.15 Å². The van der Waals surface area contributed by atoms with Crippen LogP contribution in [0.3, 0.4) is 0 Å². The van der Waals surface area contributed by atoms with Gasteiger partial charge in [0.05, 0.1) is 12.4 Å². The van der Waals surface area contributed by atoms with Crippen LogP contribution < -0.4 is 10.00 Å². The molecule has 0 aliphatic rings. The van der Waals surface area contributed by atoms with Crippen LogP contribution in [-0.2, 0) is 16.5 Å². The van der Waals surface area contributed by atoms with E-state index in [1.54, 1.807) is 29.3 Å². The molecule has 0 saturated heterocycles. The summed E-state index contributed by atoms with van der Waals surface area (Å²) < 4.78 is 19.9. The van der Waals surface area contributed by atoms with Gasteiger partial charge in [-0.15, -0.1) is 0 Å². The van der Waals surface area contributed by atoms with Crippen LogP contribution in [0.4, 0.5) is 10.3 Å². The van der Waals surface area contributed by atoms with Crippen molar-refractivity contribution in [2.24, 2.45) is 0 Å². The minimum absolute atomic E-state index is 0.195.